The first-order valence-electron chi connectivity index (χ1n) is 9.53. The molecular formula is C22H16F3N5O3. The van der Waals surface area contributed by atoms with Gasteiger partial charge in [-0.15, -0.1) is 0 Å². The summed E-state index contributed by atoms with van der Waals surface area (Å²) < 4.78 is 44.3. The van der Waals surface area contributed by atoms with E-state index in [2.05, 4.69) is 20.3 Å². The van der Waals surface area contributed by atoms with Crippen LogP contribution < -0.4 is 15.8 Å². The van der Waals surface area contributed by atoms with Crippen molar-refractivity contribution in [2.75, 3.05) is 5.32 Å². The lowest BCUT2D eigenvalue weighted by Crippen LogP contribution is -2.15. The van der Waals surface area contributed by atoms with E-state index in [0.29, 0.717) is 17.1 Å². The highest BCUT2D eigenvalue weighted by Gasteiger charge is 2.31. The molecular weight excluding hydrogens is 439 g/mol. The number of carbonyl (C=O) groups excluding carboxylic acids is 2. The van der Waals surface area contributed by atoms with Crippen LogP contribution in [-0.2, 0) is 6.18 Å². The van der Waals surface area contributed by atoms with Crippen LogP contribution in [0.25, 0.3) is 11.0 Å². The first-order chi connectivity index (χ1) is 15.6. The molecule has 168 valence electrons. The number of carbonyl (C=O) groups is 2. The van der Waals surface area contributed by atoms with E-state index < -0.39 is 23.6 Å². The average Bonchev–Trinajstić information content (AvgIpc) is 3.18. The third-order valence-corrected chi connectivity index (χ3v) is 4.71. The predicted molar refractivity (Wildman–Crippen MR) is 113 cm³/mol. The Bertz CT molecular complexity index is 1360. The van der Waals surface area contributed by atoms with Crippen LogP contribution in [0, 0.1) is 6.92 Å². The van der Waals surface area contributed by atoms with E-state index in [4.69, 9.17) is 10.5 Å². The Morgan fingerprint density at radius 2 is 1.82 bits per heavy atom. The number of hydrogen-bond donors (Lipinski definition) is 3. The lowest BCUT2D eigenvalue weighted by molar-refractivity contribution is -0.137. The predicted octanol–water partition coefficient (Wildman–Crippen LogP) is 4.43. The molecule has 0 radical (unpaired) electrons. The maximum Gasteiger partial charge on any atom is 0.416 e. The van der Waals surface area contributed by atoms with E-state index in [0.717, 1.165) is 12.1 Å². The lowest BCUT2D eigenvalue weighted by Gasteiger charge is -2.11. The fourth-order valence-corrected chi connectivity index (χ4v) is 3.14. The minimum absolute atomic E-state index is 0.0941. The summed E-state index contributed by atoms with van der Waals surface area (Å²) in [6.07, 6.45) is -3.02. The number of imidazole rings is 1. The molecule has 0 saturated carbocycles. The van der Waals surface area contributed by atoms with Gasteiger partial charge in [0.05, 0.1) is 22.3 Å². The first kappa shape index (κ1) is 21.8. The third kappa shape index (κ3) is 4.61. The average molecular weight is 455 g/mol. The number of benzene rings is 2. The fraction of sp³-hybridized carbons (Fsp3) is 0.0909. The molecule has 0 bridgehead atoms. The first-order valence-corrected chi connectivity index (χ1v) is 9.53. The van der Waals surface area contributed by atoms with E-state index in [9.17, 15) is 22.8 Å². The van der Waals surface area contributed by atoms with Crippen molar-refractivity contribution in [3.8, 4) is 11.5 Å². The second-order valence-corrected chi connectivity index (χ2v) is 7.03. The number of aromatic nitrogens is 3. The highest BCUT2D eigenvalue weighted by molar-refractivity contribution is 6.03. The Kier molecular flexibility index (Phi) is 5.46. The van der Waals surface area contributed by atoms with Crippen molar-refractivity contribution in [1.82, 2.24) is 15.0 Å². The maximum atomic E-state index is 12.9. The number of amides is 2. The number of halogens is 3. The molecule has 2 aromatic carbocycles. The summed E-state index contributed by atoms with van der Waals surface area (Å²) in [6.45, 7) is 1.63. The normalized spacial score (nSPS) is 11.4. The zero-order chi connectivity index (χ0) is 23.8. The summed E-state index contributed by atoms with van der Waals surface area (Å²) in [7, 11) is 0. The zero-order valence-corrected chi connectivity index (χ0v) is 17.0. The number of alkyl halides is 3. The summed E-state index contributed by atoms with van der Waals surface area (Å²) in [5, 5.41) is 2.60. The number of hydrogen-bond acceptors (Lipinski definition) is 5. The third-order valence-electron chi connectivity index (χ3n) is 4.71. The molecule has 2 aromatic heterocycles. The molecule has 4 N–H and O–H groups in total. The Morgan fingerprint density at radius 3 is 2.48 bits per heavy atom. The minimum atomic E-state index is -4.50. The largest absolute Gasteiger partial charge is 0.456 e. The molecule has 8 nitrogen and oxygen atoms in total. The van der Waals surface area contributed by atoms with E-state index >= 15 is 0 Å². The second kappa shape index (κ2) is 8.26. The number of pyridine rings is 1. The molecule has 0 aliphatic heterocycles. The highest BCUT2D eigenvalue weighted by Crippen LogP contribution is 2.31. The van der Waals surface area contributed by atoms with Crippen molar-refractivity contribution >= 4 is 28.5 Å². The number of fused-ring (bicyclic) bond motifs is 1. The highest BCUT2D eigenvalue weighted by atomic mass is 19.4. The lowest BCUT2D eigenvalue weighted by atomic mass is 10.2. The number of aromatic amines is 1. The second-order valence-electron chi connectivity index (χ2n) is 7.03. The number of aryl methyl sites for hydroxylation is 1. The summed E-state index contributed by atoms with van der Waals surface area (Å²) in [4.78, 5) is 34.8. The van der Waals surface area contributed by atoms with Gasteiger partial charge in [0.15, 0.2) is 5.82 Å². The number of nitrogens with zero attached hydrogens (tertiary/aromatic N) is 2. The van der Waals surface area contributed by atoms with Gasteiger partial charge in [-0.25, -0.2) is 4.98 Å². The van der Waals surface area contributed by atoms with E-state index in [-0.39, 0.29) is 28.2 Å². The van der Waals surface area contributed by atoms with Gasteiger partial charge in [-0.05, 0) is 55.5 Å². The van der Waals surface area contributed by atoms with Crippen LogP contribution >= 0.6 is 0 Å². The molecule has 0 atom stereocenters. The van der Waals surface area contributed by atoms with Crippen molar-refractivity contribution in [3.63, 3.8) is 0 Å². The molecule has 2 amide bonds. The van der Waals surface area contributed by atoms with E-state index in [1.807, 2.05) is 0 Å². The quantitative estimate of drug-likeness (QED) is 0.411. The van der Waals surface area contributed by atoms with Crippen molar-refractivity contribution < 1.29 is 27.5 Å². The van der Waals surface area contributed by atoms with Crippen LogP contribution in [0.3, 0.4) is 0 Å². The van der Waals surface area contributed by atoms with Gasteiger partial charge in [0, 0.05) is 11.9 Å². The number of H-pyrrole nitrogens is 1. The summed E-state index contributed by atoms with van der Waals surface area (Å²) in [5.74, 6) is -0.818. The van der Waals surface area contributed by atoms with Gasteiger partial charge < -0.3 is 20.8 Å². The van der Waals surface area contributed by atoms with E-state index in [1.165, 1.54) is 18.3 Å². The van der Waals surface area contributed by atoms with E-state index in [1.54, 1.807) is 31.2 Å². The molecule has 4 rings (SSSR count). The standard InChI is InChI=1S/C22H16F3N5O3/c1-11-18(19(26)31)17(8-9-27-11)33-14-5-3-13(4-6-14)28-21(32)20-29-15-7-2-12(22(23,24)25)10-16(15)30-20/h2-10H,1H3,(H2,26,31)(H,28,32)(H,29,30). The van der Waals surface area contributed by atoms with Crippen LogP contribution in [0.1, 0.15) is 32.2 Å². The van der Waals surface area contributed by atoms with Gasteiger partial charge in [0.1, 0.15) is 17.1 Å². The van der Waals surface area contributed by atoms with Crippen LogP contribution in [-0.4, -0.2) is 26.8 Å². The van der Waals surface area contributed by atoms with Crippen molar-refractivity contribution in [2.45, 2.75) is 13.1 Å². The Labute approximate surface area is 184 Å². The molecule has 0 aliphatic carbocycles. The van der Waals surface area contributed by atoms with Gasteiger partial charge in [0.2, 0.25) is 0 Å². The summed E-state index contributed by atoms with van der Waals surface area (Å²) in [5.41, 5.74) is 5.85. The Balaban J connectivity index is 1.49. The van der Waals surface area contributed by atoms with Crippen LogP contribution in [0.5, 0.6) is 11.5 Å². The number of anilines is 1. The molecule has 2 heterocycles. The van der Waals surface area contributed by atoms with Crippen molar-refractivity contribution in [2.24, 2.45) is 5.73 Å². The van der Waals surface area contributed by atoms with Crippen molar-refractivity contribution in [1.29, 1.82) is 0 Å². The Morgan fingerprint density at radius 1 is 1.09 bits per heavy atom. The topological polar surface area (TPSA) is 123 Å². The number of primary amides is 1. The van der Waals surface area contributed by atoms with Crippen molar-refractivity contribution in [3.05, 3.63) is 77.4 Å². The molecule has 33 heavy (non-hydrogen) atoms. The monoisotopic (exact) mass is 455 g/mol. The summed E-state index contributed by atoms with van der Waals surface area (Å²) >= 11 is 0. The molecule has 4 aromatic rings. The number of rotatable bonds is 5. The molecule has 0 fully saturated rings. The van der Waals surface area contributed by atoms with Crippen LogP contribution in [0.15, 0.2) is 54.7 Å². The molecule has 0 spiro atoms. The summed E-state index contributed by atoms with van der Waals surface area (Å²) in [6, 6.07) is 10.7. The zero-order valence-electron chi connectivity index (χ0n) is 17.0. The fourth-order valence-electron chi connectivity index (χ4n) is 3.14. The molecule has 11 heteroatoms. The van der Waals surface area contributed by atoms with Gasteiger partial charge >= 0.3 is 6.18 Å². The van der Waals surface area contributed by atoms with Gasteiger partial charge in [-0.2, -0.15) is 13.2 Å². The number of ether oxygens (including phenoxy) is 1. The number of nitrogens with two attached hydrogens (primary N) is 1. The SMILES string of the molecule is Cc1nccc(Oc2ccc(NC(=O)c3nc4ccc(C(F)(F)F)cc4[nH]3)cc2)c1C(N)=O. The minimum Gasteiger partial charge on any atom is -0.456 e. The van der Waals surface area contributed by atoms with Crippen LogP contribution in [0.4, 0.5) is 18.9 Å². The number of nitrogens with one attached hydrogen (secondary N) is 2. The van der Waals surface area contributed by atoms with Crippen LogP contribution in [0.2, 0.25) is 0 Å². The Hall–Kier alpha value is -4.41. The molecule has 0 saturated heterocycles. The van der Waals surface area contributed by atoms with Gasteiger partial charge in [-0.3, -0.25) is 14.6 Å². The smallest absolute Gasteiger partial charge is 0.416 e. The molecule has 0 unspecified atom stereocenters. The maximum absolute atomic E-state index is 12.9. The molecule has 0 aliphatic rings. The van der Waals surface area contributed by atoms with Gasteiger partial charge in [0.25, 0.3) is 11.8 Å². The van der Waals surface area contributed by atoms with Gasteiger partial charge in [-0.1, -0.05) is 0 Å².